The van der Waals surface area contributed by atoms with Gasteiger partial charge in [0.15, 0.2) is 11.5 Å². The molecule has 0 heterocycles. The van der Waals surface area contributed by atoms with Gasteiger partial charge >= 0.3 is 0 Å². The average Bonchev–Trinajstić information content (AvgIpc) is 3.54. The lowest BCUT2D eigenvalue weighted by atomic mass is 9.92. The molecule has 0 amide bonds. The molecule has 1 fully saturated rings. The van der Waals surface area contributed by atoms with Gasteiger partial charge in [0.1, 0.15) is 5.75 Å². The van der Waals surface area contributed by atoms with Gasteiger partial charge in [0, 0.05) is 16.8 Å². The SMILES string of the molecule is C=C(Nc1ccc(C)c(-c2ccc(OCC)cc2)c1)C1(c2ccc(O)c(O)c2)CC1. The molecule has 0 radical (unpaired) electrons. The number of rotatable bonds is 7. The monoisotopic (exact) mass is 401 g/mol. The Balaban J connectivity index is 1.57. The summed E-state index contributed by atoms with van der Waals surface area (Å²) in [5.74, 6) is 0.667. The van der Waals surface area contributed by atoms with Crippen LogP contribution in [0.2, 0.25) is 0 Å². The van der Waals surface area contributed by atoms with E-state index in [-0.39, 0.29) is 16.9 Å². The summed E-state index contributed by atoms with van der Waals surface area (Å²) < 4.78 is 5.55. The zero-order chi connectivity index (χ0) is 21.3. The molecule has 154 valence electrons. The summed E-state index contributed by atoms with van der Waals surface area (Å²) in [7, 11) is 0. The Morgan fingerprint density at radius 3 is 2.37 bits per heavy atom. The van der Waals surface area contributed by atoms with Crippen LogP contribution in [0.1, 0.15) is 30.9 Å². The quantitative estimate of drug-likeness (QED) is 0.417. The zero-order valence-corrected chi connectivity index (χ0v) is 17.4. The van der Waals surface area contributed by atoms with E-state index >= 15 is 0 Å². The largest absolute Gasteiger partial charge is 0.504 e. The second-order valence-corrected chi connectivity index (χ2v) is 7.88. The molecule has 0 unspecified atom stereocenters. The minimum atomic E-state index is -0.213. The summed E-state index contributed by atoms with van der Waals surface area (Å²) in [4.78, 5) is 0. The number of aryl methyl sites for hydroxylation is 1. The molecule has 0 bridgehead atoms. The van der Waals surface area contributed by atoms with Gasteiger partial charge in [0.05, 0.1) is 6.61 Å². The van der Waals surface area contributed by atoms with Crippen molar-refractivity contribution in [1.29, 1.82) is 0 Å². The summed E-state index contributed by atoms with van der Waals surface area (Å²) in [6.45, 7) is 9.03. The van der Waals surface area contributed by atoms with Gasteiger partial charge in [0.25, 0.3) is 0 Å². The van der Waals surface area contributed by atoms with Crippen LogP contribution < -0.4 is 10.1 Å². The smallest absolute Gasteiger partial charge is 0.157 e. The Labute approximate surface area is 177 Å². The van der Waals surface area contributed by atoms with Gasteiger partial charge in [-0.3, -0.25) is 0 Å². The lowest BCUT2D eigenvalue weighted by Crippen LogP contribution is -2.16. The van der Waals surface area contributed by atoms with Gasteiger partial charge in [0.2, 0.25) is 0 Å². The van der Waals surface area contributed by atoms with Crippen molar-refractivity contribution >= 4 is 5.69 Å². The normalized spacial score (nSPS) is 14.2. The predicted molar refractivity (Wildman–Crippen MR) is 121 cm³/mol. The lowest BCUT2D eigenvalue weighted by molar-refractivity contribution is 0.340. The second kappa shape index (κ2) is 7.79. The molecule has 0 aliphatic heterocycles. The van der Waals surface area contributed by atoms with Crippen molar-refractivity contribution < 1.29 is 14.9 Å². The van der Waals surface area contributed by atoms with E-state index in [0.717, 1.165) is 46.7 Å². The van der Waals surface area contributed by atoms with Gasteiger partial charge in [-0.1, -0.05) is 30.8 Å². The predicted octanol–water partition coefficient (Wildman–Crippen LogP) is 6.13. The van der Waals surface area contributed by atoms with E-state index in [4.69, 9.17) is 4.74 Å². The van der Waals surface area contributed by atoms with E-state index in [1.807, 2.05) is 25.1 Å². The number of phenols is 2. The number of nitrogens with one attached hydrogen (secondary N) is 1. The average molecular weight is 402 g/mol. The second-order valence-electron chi connectivity index (χ2n) is 7.88. The summed E-state index contributed by atoms with van der Waals surface area (Å²) in [6.07, 6.45) is 1.92. The van der Waals surface area contributed by atoms with Crippen LogP contribution in [0.5, 0.6) is 17.2 Å². The van der Waals surface area contributed by atoms with Crippen LogP contribution in [0.25, 0.3) is 11.1 Å². The van der Waals surface area contributed by atoms with Crippen molar-refractivity contribution in [2.24, 2.45) is 0 Å². The maximum Gasteiger partial charge on any atom is 0.157 e. The zero-order valence-electron chi connectivity index (χ0n) is 17.4. The van der Waals surface area contributed by atoms with E-state index in [9.17, 15) is 10.2 Å². The van der Waals surface area contributed by atoms with Gasteiger partial charge < -0.3 is 20.3 Å². The van der Waals surface area contributed by atoms with E-state index in [1.165, 1.54) is 11.6 Å². The van der Waals surface area contributed by atoms with Crippen LogP contribution in [0.15, 0.2) is 72.9 Å². The fourth-order valence-corrected chi connectivity index (χ4v) is 3.91. The standard InChI is InChI=1S/C26H27NO3/c1-4-30-22-10-6-19(7-11-22)23-16-21(9-5-17(23)2)27-18(3)26(13-14-26)20-8-12-24(28)25(29)15-20/h5-12,15-16,27-29H,3-4,13-14H2,1-2H3. The highest BCUT2D eigenvalue weighted by Crippen LogP contribution is 2.54. The van der Waals surface area contributed by atoms with Crippen molar-refractivity contribution in [2.75, 3.05) is 11.9 Å². The fourth-order valence-electron chi connectivity index (χ4n) is 3.91. The Morgan fingerprint density at radius 2 is 1.73 bits per heavy atom. The number of benzene rings is 3. The van der Waals surface area contributed by atoms with Crippen LogP contribution in [-0.4, -0.2) is 16.8 Å². The molecule has 0 saturated heterocycles. The van der Waals surface area contributed by atoms with Crippen molar-refractivity contribution in [3.8, 4) is 28.4 Å². The molecule has 4 rings (SSSR count). The number of hydrogen-bond acceptors (Lipinski definition) is 4. The summed E-state index contributed by atoms with van der Waals surface area (Å²) >= 11 is 0. The van der Waals surface area contributed by atoms with Gasteiger partial charge in [-0.05, 0) is 85.3 Å². The summed E-state index contributed by atoms with van der Waals surface area (Å²) in [5, 5.41) is 23.0. The van der Waals surface area contributed by atoms with Crippen molar-refractivity contribution in [2.45, 2.75) is 32.1 Å². The number of hydrogen-bond donors (Lipinski definition) is 3. The van der Waals surface area contributed by atoms with E-state index in [1.54, 1.807) is 6.07 Å². The molecule has 0 spiro atoms. The van der Waals surface area contributed by atoms with E-state index in [2.05, 4.69) is 49.2 Å². The van der Waals surface area contributed by atoms with Crippen LogP contribution in [0.3, 0.4) is 0 Å². The highest BCUT2D eigenvalue weighted by Gasteiger charge is 2.47. The topological polar surface area (TPSA) is 61.7 Å². The van der Waals surface area contributed by atoms with Crippen molar-refractivity contribution in [3.05, 3.63) is 84.1 Å². The third-order valence-electron chi connectivity index (χ3n) is 5.86. The first kappa shape index (κ1) is 19.9. The van der Waals surface area contributed by atoms with Gasteiger partial charge in [-0.25, -0.2) is 0 Å². The first-order valence-corrected chi connectivity index (χ1v) is 10.3. The van der Waals surface area contributed by atoms with Crippen molar-refractivity contribution in [1.82, 2.24) is 0 Å². The minimum Gasteiger partial charge on any atom is -0.504 e. The molecule has 1 saturated carbocycles. The molecule has 0 atom stereocenters. The number of anilines is 1. The van der Waals surface area contributed by atoms with Crippen LogP contribution in [-0.2, 0) is 5.41 Å². The summed E-state index contributed by atoms with van der Waals surface area (Å²) in [5.41, 5.74) is 6.11. The number of ether oxygens (including phenoxy) is 1. The fraction of sp³-hybridized carbons (Fsp3) is 0.231. The maximum atomic E-state index is 9.90. The Bertz CT molecular complexity index is 1080. The minimum absolute atomic E-state index is 0.0975. The van der Waals surface area contributed by atoms with Crippen LogP contribution in [0, 0.1) is 6.92 Å². The number of allylic oxidation sites excluding steroid dienone is 1. The summed E-state index contributed by atoms with van der Waals surface area (Å²) in [6, 6.07) is 19.5. The first-order chi connectivity index (χ1) is 14.4. The van der Waals surface area contributed by atoms with E-state index < -0.39 is 0 Å². The Hall–Kier alpha value is -3.40. The molecule has 3 aromatic carbocycles. The van der Waals surface area contributed by atoms with Crippen molar-refractivity contribution in [3.63, 3.8) is 0 Å². The molecular formula is C26H27NO3. The number of aromatic hydroxyl groups is 2. The molecular weight excluding hydrogens is 374 g/mol. The number of phenolic OH excluding ortho intramolecular Hbond substituents is 2. The van der Waals surface area contributed by atoms with Crippen LogP contribution >= 0.6 is 0 Å². The first-order valence-electron chi connectivity index (χ1n) is 10.3. The third-order valence-corrected chi connectivity index (χ3v) is 5.86. The third kappa shape index (κ3) is 3.73. The maximum absolute atomic E-state index is 9.90. The molecule has 1 aliphatic rings. The highest BCUT2D eigenvalue weighted by molar-refractivity contribution is 5.73. The Kier molecular flexibility index (Phi) is 5.17. The van der Waals surface area contributed by atoms with Gasteiger partial charge in [-0.15, -0.1) is 0 Å². The Morgan fingerprint density at radius 1 is 1.00 bits per heavy atom. The molecule has 0 aromatic heterocycles. The lowest BCUT2D eigenvalue weighted by Gasteiger charge is -2.22. The molecule has 4 heteroatoms. The van der Waals surface area contributed by atoms with E-state index in [0.29, 0.717) is 6.61 Å². The molecule has 1 aliphatic carbocycles. The van der Waals surface area contributed by atoms with Gasteiger partial charge in [-0.2, -0.15) is 0 Å². The molecule has 4 nitrogen and oxygen atoms in total. The van der Waals surface area contributed by atoms with Crippen LogP contribution in [0.4, 0.5) is 5.69 Å². The molecule has 3 aromatic rings. The highest BCUT2D eigenvalue weighted by atomic mass is 16.5. The molecule has 3 N–H and O–H groups in total. The molecule has 30 heavy (non-hydrogen) atoms.